The van der Waals surface area contributed by atoms with Gasteiger partial charge in [0, 0.05) is 24.3 Å². The Kier molecular flexibility index (Phi) is 2.75. The first-order valence-corrected chi connectivity index (χ1v) is 4.89. The summed E-state index contributed by atoms with van der Waals surface area (Å²) in [6.45, 7) is 0.371. The Labute approximate surface area is 91.6 Å². The van der Waals surface area contributed by atoms with Crippen LogP contribution in [0.5, 0.6) is 0 Å². The zero-order valence-corrected chi connectivity index (χ0v) is 8.97. The van der Waals surface area contributed by atoms with Gasteiger partial charge < -0.3 is 9.72 Å². The fourth-order valence-electron chi connectivity index (χ4n) is 1.52. The normalized spacial score (nSPS) is 10.8. The zero-order valence-electron chi connectivity index (χ0n) is 8.21. The number of para-hydroxylation sites is 1. The molecule has 1 aromatic heterocycles. The highest BCUT2D eigenvalue weighted by atomic mass is 35.5. The van der Waals surface area contributed by atoms with Crippen molar-refractivity contribution in [2.75, 3.05) is 7.11 Å². The van der Waals surface area contributed by atoms with Crippen LogP contribution >= 0.6 is 11.6 Å². The van der Waals surface area contributed by atoms with E-state index in [1.807, 2.05) is 0 Å². The minimum Gasteiger partial charge on any atom is -0.378 e. The molecule has 0 saturated heterocycles. The van der Waals surface area contributed by atoms with Gasteiger partial charge in [0.25, 0.3) is 0 Å². The number of pyridine rings is 1. The number of aromatic amines is 1. The molecular weight excluding hydrogens is 214 g/mol. The molecule has 1 heterocycles. The molecule has 0 atom stereocenters. The highest BCUT2D eigenvalue weighted by molar-refractivity contribution is 6.35. The molecule has 0 aliphatic heterocycles. The number of rotatable bonds is 2. The number of H-pyrrole nitrogens is 1. The lowest BCUT2D eigenvalue weighted by molar-refractivity contribution is 0.181. The molecule has 0 spiro atoms. The molecule has 15 heavy (non-hydrogen) atoms. The van der Waals surface area contributed by atoms with E-state index in [2.05, 4.69) is 4.98 Å². The van der Waals surface area contributed by atoms with Gasteiger partial charge in [-0.3, -0.25) is 4.79 Å². The summed E-state index contributed by atoms with van der Waals surface area (Å²) in [5, 5.41) is 1.14. The Hall–Kier alpha value is -1.32. The topological polar surface area (TPSA) is 42.1 Å². The second kappa shape index (κ2) is 4.04. The van der Waals surface area contributed by atoms with Crippen LogP contribution < -0.4 is 5.43 Å². The Bertz CT molecular complexity index is 548. The standard InChI is InChI=1S/C11H10ClNO2/c1-15-6-7-5-10(14)8-3-2-4-9(12)11(8)13-7/h2-5H,6H2,1H3,(H,13,14). The Balaban J connectivity index is 2.74. The molecule has 78 valence electrons. The molecule has 0 saturated carbocycles. The van der Waals surface area contributed by atoms with Crippen LogP contribution in [0.2, 0.25) is 5.02 Å². The van der Waals surface area contributed by atoms with Gasteiger partial charge in [-0.25, -0.2) is 0 Å². The maximum absolute atomic E-state index is 11.7. The van der Waals surface area contributed by atoms with Crippen molar-refractivity contribution < 1.29 is 4.74 Å². The van der Waals surface area contributed by atoms with E-state index >= 15 is 0 Å². The lowest BCUT2D eigenvalue weighted by Gasteiger charge is -2.04. The second-order valence-corrected chi connectivity index (χ2v) is 3.66. The molecule has 0 unspecified atom stereocenters. The molecule has 2 rings (SSSR count). The molecule has 1 aromatic carbocycles. The maximum atomic E-state index is 11.7. The van der Waals surface area contributed by atoms with Gasteiger partial charge in [-0.1, -0.05) is 17.7 Å². The third-order valence-corrected chi connectivity index (χ3v) is 2.48. The fraction of sp³-hybridized carbons (Fsp3) is 0.182. The van der Waals surface area contributed by atoms with Crippen LogP contribution in [0.25, 0.3) is 10.9 Å². The molecular formula is C11H10ClNO2. The van der Waals surface area contributed by atoms with Crippen molar-refractivity contribution in [3.05, 3.63) is 45.2 Å². The monoisotopic (exact) mass is 223 g/mol. The molecule has 0 aliphatic carbocycles. The molecule has 4 heteroatoms. The van der Waals surface area contributed by atoms with Crippen LogP contribution in [0.4, 0.5) is 0 Å². The lowest BCUT2D eigenvalue weighted by atomic mass is 10.2. The molecule has 3 nitrogen and oxygen atoms in total. The van der Waals surface area contributed by atoms with Gasteiger partial charge in [0.2, 0.25) is 0 Å². The Morgan fingerprint density at radius 1 is 1.47 bits per heavy atom. The van der Waals surface area contributed by atoms with Crippen molar-refractivity contribution >= 4 is 22.5 Å². The van der Waals surface area contributed by atoms with Crippen LogP contribution in [0, 0.1) is 0 Å². The van der Waals surface area contributed by atoms with Gasteiger partial charge in [-0.15, -0.1) is 0 Å². The van der Waals surface area contributed by atoms with E-state index in [9.17, 15) is 4.79 Å². The summed E-state index contributed by atoms with van der Waals surface area (Å²) in [6.07, 6.45) is 0. The highest BCUT2D eigenvalue weighted by Crippen LogP contribution is 2.18. The minimum atomic E-state index is -0.0432. The molecule has 0 amide bonds. The van der Waals surface area contributed by atoms with Crippen LogP contribution in [0.15, 0.2) is 29.1 Å². The summed E-state index contributed by atoms with van der Waals surface area (Å²) in [7, 11) is 1.58. The molecule has 2 aromatic rings. The average Bonchev–Trinajstić information content (AvgIpc) is 2.20. The molecule has 1 N–H and O–H groups in total. The van der Waals surface area contributed by atoms with Gasteiger partial charge in [-0.05, 0) is 12.1 Å². The van der Waals surface area contributed by atoms with E-state index in [0.29, 0.717) is 22.5 Å². The van der Waals surface area contributed by atoms with Crippen molar-refractivity contribution in [3.8, 4) is 0 Å². The summed E-state index contributed by atoms with van der Waals surface area (Å²) in [5.41, 5.74) is 1.35. The molecule has 0 radical (unpaired) electrons. The summed E-state index contributed by atoms with van der Waals surface area (Å²) in [6, 6.07) is 6.78. The lowest BCUT2D eigenvalue weighted by Crippen LogP contribution is -2.05. The van der Waals surface area contributed by atoms with E-state index in [4.69, 9.17) is 16.3 Å². The number of methoxy groups -OCH3 is 1. The van der Waals surface area contributed by atoms with Crippen molar-refractivity contribution in [2.45, 2.75) is 6.61 Å². The number of ether oxygens (including phenoxy) is 1. The zero-order chi connectivity index (χ0) is 10.8. The van der Waals surface area contributed by atoms with Gasteiger partial charge in [0.05, 0.1) is 17.1 Å². The van der Waals surface area contributed by atoms with E-state index < -0.39 is 0 Å². The van der Waals surface area contributed by atoms with E-state index in [0.717, 1.165) is 5.69 Å². The Morgan fingerprint density at radius 2 is 2.27 bits per heavy atom. The summed E-state index contributed by atoms with van der Waals surface area (Å²) >= 11 is 5.99. The van der Waals surface area contributed by atoms with Crippen LogP contribution in [0.3, 0.4) is 0 Å². The smallest absolute Gasteiger partial charge is 0.189 e. The first kappa shape index (κ1) is 10.2. The number of aromatic nitrogens is 1. The highest BCUT2D eigenvalue weighted by Gasteiger charge is 2.04. The van der Waals surface area contributed by atoms with E-state index in [1.54, 1.807) is 25.3 Å². The van der Waals surface area contributed by atoms with Crippen molar-refractivity contribution in [1.29, 1.82) is 0 Å². The minimum absolute atomic E-state index is 0.0432. The third-order valence-electron chi connectivity index (χ3n) is 2.17. The first-order chi connectivity index (χ1) is 7.22. The van der Waals surface area contributed by atoms with Gasteiger partial charge >= 0.3 is 0 Å². The number of hydrogen-bond acceptors (Lipinski definition) is 2. The van der Waals surface area contributed by atoms with Crippen molar-refractivity contribution in [2.24, 2.45) is 0 Å². The third kappa shape index (κ3) is 1.89. The predicted molar refractivity (Wildman–Crippen MR) is 60.3 cm³/mol. The van der Waals surface area contributed by atoms with Crippen molar-refractivity contribution in [3.63, 3.8) is 0 Å². The van der Waals surface area contributed by atoms with Gasteiger partial charge in [0.15, 0.2) is 5.43 Å². The summed E-state index contributed by atoms with van der Waals surface area (Å²) < 4.78 is 4.96. The first-order valence-electron chi connectivity index (χ1n) is 4.51. The quantitative estimate of drug-likeness (QED) is 0.849. The van der Waals surface area contributed by atoms with Gasteiger partial charge in [0.1, 0.15) is 0 Å². The number of nitrogens with one attached hydrogen (secondary N) is 1. The second-order valence-electron chi connectivity index (χ2n) is 3.25. The number of fused-ring (bicyclic) bond motifs is 1. The van der Waals surface area contributed by atoms with Crippen molar-refractivity contribution in [1.82, 2.24) is 4.98 Å². The summed E-state index contributed by atoms with van der Waals surface area (Å²) in [5.74, 6) is 0. The van der Waals surface area contributed by atoms with Crippen LogP contribution in [-0.4, -0.2) is 12.1 Å². The van der Waals surface area contributed by atoms with Crippen LogP contribution in [-0.2, 0) is 11.3 Å². The van der Waals surface area contributed by atoms with Gasteiger partial charge in [-0.2, -0.15) is 0 Å². The van der Waals surface area contributed by atoms with E-state index in [1.165, 1.54) is 6.07 Å². The predicted octanol–water partition coefficient (Wildman–Crippen LogP) is 2.33. The number of hydrogen-bond donors (Lipinski definition) is 1. The van der Waals surface area contributed by atoms with Crippen LogP contribution in [0.1, 0.15) is 5.69 Å². The number of halogens is 1. The summed E-state index contributed by atoms with van der Waals surface area (Å²) in [4.78, 5) is 14.8. The molecule has 0 bridgehead atoms. The van der Waals surface area contributed by atoms with E-state index in [-0.39, 0.29) is 5.43 Å². The molecule has 0 aliphatic rings. The Morgan fingerprint density at radius 3 is 3.00 bits per heavy atom. The largest absolute Gasteiger partial charge is 0.378 e. The number of benzene rings is 1. The average molecular weight is 224 g/mol. The SMILES string of the molecule is COCc1cc(=O)c2cccc(Cl)c2[nH]1. The molecule has 0 fully saturated rings. The maximum Gasteiger partial charge on any atom is 0.189 e. The fourth-order valence-corrected chi connectivity index (χ4v) is 1.74.